The highest BCUT2D eigenvalue weighted by molar-refractivity contribution is 5.90. The summed E-state index contributed by atoms with van der Waals surface area (Å²) >= 11 is 0. The summed E-state index contributed by atoms with van der Waals surface area (Å²) < 4.78 is 10.2. The van der Waals surface area contributed by atoms with E-state index in [2.05, 4.69) is 6.58 Å². The van der Waals surface area contributed by atoms with Gasteiger partial charge in [-0.3, -0.25) is 0 Å². The molecule has 116 valence electrons. The maximum Gasteiger partial charge on any atom is 0.338 e. The van der Waals surface area contributed by atoms with E-state index < -0.39 is 0 Å². The molecule has 0 aliphatic heterocycles. The molecule has 0 N–H and O–H groups in total. The van der Waals surface area contributed by atoms with Crippen LogP contribution in [0.25, 0.3) is 11.0 Å². The lowest BCUT2D eigenvalue weighted by atomic mass is 10.2. The molecule has 0 radical (unpaired) electrons. The number of fused-ring (bicyclic) bond motifs is 1. The van der Waals surface area contributed by atoms with Crippen molar-refractivity contribution in [1.29, 1.82) is 0 Å². The second-order valence-electron chi connectivity index (χ2n) is 5.14. The topological polar surface area (TPSA) is 59.8 Å². The van der Waals surface area contributed by atoms with Gasteiger partial charge in [0.2, 0.25) is 0 Å². The Balaban J connectivity index is 2.04. The molecular formula is C17H19NO4. The number of hydrogen-bond acceptors (Lipinski definition) is 5. The van der Waals surface area contributed by atoms with Gasteiger partial charge >= 0.3 is 11.6 Å². The summed E-state index contributed by atoms with van der Waals surface area (Å²) in [5.74, 6) is -0.381. The van der Waals surface area contributed by atoms with Gasteiger partial charge in [0, 0.05) is 30.6 Å². The first-order valence-corrected chi connectivity index (χ1v) is 7.05. The lowest BCUT2D eigenvalue weighted by Gasteiger charge is -2.20. The zero-order valence-corrected chi connectivity index (χ0v) is 12.8. The van der Waals surface area contributed by atoms with Crippen molar-refractivity contribution in [3.8, 4) is 0 Å². The fourth-order valence-corrected chi connectivity index (χ4v) is 2.12. The van der Waals surface area contributed by atoms with Crippen molar-refractivity contribution in [2.45, 2.75) is 13.3 Å². The van der Waals surface area contributed by atoms with Crippen molar-refractivity contribution in [3.05, 3.63) is 52.9 Å². The molecule has 0 amide bonds. The first-order chi connectivity index (χ1) is 10.5. The van der Waals surface area contributed by atoms with Crippen LogP contribution in [0.15, 0.2) is 51.7 Å². The SMILES string of the molecule is C=C(C)C(=O)OCCCN(C)c1cc(=O)oc2ccccc12. The summed E-state index contributed by atoms with van der Waals surface area (Å²) in [5, 5.41) is 0.878. The van der Waals surface area contributed by atoms with Crippen molar-refractivity contribution in [2.75, 3.05) is 25.1 Å². The molecule has 0 atom stereocenters. The Kier molecular flexibility index (Phi) is 4.99. The molecule has 2 rings (SSSR count). The van der Waals surface area contributed by atoms with Crippen LogP contribution in [-0.4, -0.2) is 26.2 Å². The van der Waals surface area contributed by atoms with Gasteiger partial charge in [-0.05, 0) is 25.5 Å². The van der Waals surface area contributed by atoms with Crippen LogP contribution in [0.1, 0.15) is 13.3 Å². The van der Waals surface area contributed by atoms with E-state index in [0.717, 1.165) is 11.1 Å². The molecule has 5 heteroatoms. The first kappa shape index (κ1) is 15.8. The largest absolute Gasteiger partial charge is 0.462 e. The first-order valence-electron chi connectivity index (χ1n) is 7.05. The molecular weight excluding hydrogens is 282 g/mol. The van der Waals surface area contributed by atoms with Gasteiger partial charge in [-0.2, -0.15) is 0 Å². The highest BCUT2D eigenvalue weighted by Gasteiger charge is 2.09. The van der Waals surface area contributed by atoms with Gasteiger partial charge in [-0.15, -0.1) is 0 Å². The second kappa shape index (κ2) is 6.93. The number of carbonyl (C=O) groups excluding carboxylic acids is 1. The monoisotopic (exact) mass is 301 g/mol. The smallest absolute Gasteiger partial charge is 0.338 e. The Hall–Kier alpha value is -2.56. The molecule has 0 aliphatic rings. The standard InChI is InChI=1S/C17H19NO4/c1-12(2)17(20)21-10-6-9-18(3)14-11-16(19)22-15-8-5-4-7-13(14)15/h4-5,7-8,11H,1,6,9-10H2,2-3H3. The van der Waals surface area contributed by atoms with E-state index in [4.69, 9.17) is 9.15 Å². The Morgan fingerprint density at radius 1 is 1.36 bits per heavy atom. The highest BCUT2D eigenvalue weighted by Crippen LogP contribution is 2.23. The van der Waals surface area contributed by atoms with Crippen molar-refractivity contribution in [3.63, 3.8) is 0 Å². The highest BCUT2D eigenvalue weighted by atomic mass is 16.5. The van der Waals surface area contributed by atoms with Crippen molar-refractivity contribution in [1.82, 2.24) is 0 Å². The minimum atomic E-state index is -0.381. The van der Waals surface area contributed by atoms with Crippen LogP contribution < -0.4 is 10.5 Å². The maximum absolute atomic E-state index is 11.6. The summed E-state index contributed by atoms with van der Waals surface area (Å²) in [6.07, 6.45) is 0.657. The Labute approximate surface area is 128 Å². The zero-order valence-electron chi connectivity index (χ0n) is 12.8. The van der Waals surface area contributed by atoms with Crippen LogP contribution in [0.4, 0.5) is 5.69 Å². The average molecular weight is 301 g/mol. The zero-order chi connectivity index (χ0) is 16.1. The van der Waals surface area contributed by atoms with Gasteiger partial charge in [0.1, 0.15) is 5.58 Å². The Bertz CT molecular complexity index is 748. The molecule has 0 saturated heterocycles. The van der Waals surface area contributed by atoms with E-state index in [0.29, 0.717) is 30.7 Å². The summed E-state index contributed by atoms with van der Waals surface area (Å²) in [6, 6.07) is 8.87. The number of ether oxygens (including phenoxy) is 1. The fourth-order valence-electron chi connectivity index (χ4n) is 2.12. The molecule has 0 saturated carbocycles. The van der Waals surface area contributed by atoms with Gasteiger partial charge in [-0.25, -0.2) is 9.59 Å². The second-order valence-corrected chi connectivity index (χ2v) is 5.14. The third-order valence-corrected chi connectivity index (χ3v) is 3.26. The number of rotatable bonds is 6. The fraction of sp³-hybridized carbons (Fsp3) is 0.294. The molecule has 0 unspecified atom stereocenters. The van der Waals surface area contributed by atoms with Crippen LogP contribution >= 0.6 is 0 Å². The molecule has 0 spiro atoms. The lowest BCUT2D eigenvalue weighted by Crippen LogP contribution is -2.22. The van der Waals surface area contributed by atoms with E-state index in [1.165, 1.54) is 6.07 Å². The predicted molar refractivity (Wildman–Crippen MR) is 86.1 cm³/mol. The third-order valence-electron chi connectivity index (χ3n) is 3.26. The van der Waals surface area contributed by atoms with Crippen LogP contribution in [0.2, 0.25) is 0 Å². The quantitative estimate of drug-likeness (QED) is 0.355. The van der Waals surface area contributed by atoms with E-state index in [1.54, 1.807) is 13.0 Å². The number of para-hydroxylation sites is 1. The van der Waals surface area contributed by atoms with Gasteiger partial charge in [0.25, 0.3) is 0 Å². The number of nitrogens with zero attached hydrogens (tertiary/aromatic N) is 1. The van der Waals surface area contributed by atoms with Gasteiger partial charge in [0.05, 0.1) is 12.3 Å². The number of anilines is 1. The molecule has 0 fully saturated rings. The van der Waals surface area contributed by atoms with E-state index in [1.807, 2.05) is 30.1 Å². The van der Waals surface area contributed by atoms with Crippen LogP contribution in [-0.2, 0) is 9.53 Å². The Morgan fingerprint density at radius 2 is 2.09 bits per heavy atom. The Morgan fingerprint density at radius 3 is 2.82 bits per heavy atom. The van der Waals surface area contributed by atoms with E-state index >= 15 is 0 Å². The number of esters is 1. The predicted octanol–water partition coefficient (Wildman–Crippen LogP) is 2.74. The summed E-state index contributed by atoms with van der Waals surface area (Å²) in [4.78, 5) is 24.9. The molecule has 0 aliphatic carbocycles. The molecule has 5 nitrogen and oxygen atoms in total. The average Bonchev–Trinajstić information content (AvgIpc) is 2.50. The molecule has 0 bridgehead atoms. The minimum absolute atomic E-state index is 0.315. The number of hydrogen-bond donors (Lipinski definition) is 0. The summed E-state index contributed by atoms with van der Waals surface area (Å²) in [7, 11) is 1.89. The molecule has 22 heavy (non-hydrogen) atoms. The van der Waals surface area contributed by atoms with Gasteiger partial charge in [-0.1, -0.05) is 18.7 Å². The molecule has 1 aromatic heterocycles. The summed E-state index contributed by atoms with van der Waals surface area (Å²) in [5.41, 5.74) is 1.37. The van der Waals surface area contributed by atoms with Crippen molar-refractivity contribution < 1.29 is 13.9 Å². The van der Waals surface area contributed by atoms with Crippen molar-refractivity contribution in [2.24, 2.45) is 0 Å². The maximum atomic E-state index is 11.6. The van der Waals surface area contributed by atoms with Gasteiger partial charge < -0.3 is 14.1 Å². The van der Waals surface area contributed by atoms with E-state index in [9.17, 15) is 9.59 Å². The third kappa shape index (κ3) is 3.75. The van der Waals surface area contributed by atoms with Crippen LogP contribution in [0.3, 0.4) is 0 Å². The summed E-state index contributed by atoms with van der Waals surface area (Å²) in [6.45, 7) is 6.11. The number of carbonyl (C=O) groups is 1. The molecule has 1 heterocycles. The molecule has 1 aromatic carbocycles. The number of benzene rings is 1. The van der Waals surface area contributed by atoms with Gasteiger partial charge in [0.15, 0.2) is 0 Å². The van der Waals surface area contributed by atoms with E-state index in [-0.39, 0.29) is 11.6 Å². The van der Waals surface area contributed by atoms with Crippen LogP contribution in [0, 0.1) is 0 Å². The van der Waals surface area contributed by atoms with Crippen molar-refractivity contribution >= 4 is 22.6 Å². The van der Waals surface area contributed by atoms with Crippen LogP contribution in [0.5, 0.6) is 0 Å². The normalized spacial score (nSPS) is 10.5. The molecule has 2 aromatic rings. The lowest BCUT2D eigenvalue weighted by molar-refractivity contribution is -0.138. The minimum Gasteiger partial charge on any atom is -0.462 e.